The van der Waals surface area contributed by atoms with Gasteiger partial charge in [-0.15, -0.1) is 11.3 Å². The maximum atomic E-state index is 13.0. The number of phenols is 1. The number of aromatic hydroxyl groups is 1. The average Bonchev–Trinajstić information content (AvgIpc) is 3.15. The summed E-state index contributed by atoms with van der Waals surface area (Å²) in [5.41, 5.74) is 1.62. The fourth-order valence-electron chi connectivity index (χ4n) is 3.03. The lowest BCUT2D eigenvalue weighted by molar-refractivity contribution is 0.0377. The topological polar surface area (TPSA) is 107 Å². The van der Waals surface area contributed by atoms with Crippen molar-refractivity contribution in [3.8, 4) is 16.9 Å². The van der Waals surface area contributed by atoms with Gasteiger partial charge in [0.05, 0.1) is 24.5 Å². The van der Waals surface area contributed by atoms with Crippen LogP contribution in [0.25, 0.3) is 11.1 Å². The zero-order valence-electron chi connectivity index (χ0n) is 18.0. The van der Waals surface area contributed by atoms with Gasteiger partial charge in [-0.25, -0.2) is 18.0 Å². The standard InChI is InChI=1S/C23H21ClO7S2/c1-13(2)31-22(26)16-6-4-5-15(10-16)18-11-20(32-21(18)24)33(28,29)12-14-7-8-17(19(25)9-14)23(27)30-3/h4-11,13,25H,12H2,1-3H3. The Kier molecular flexibility index (Phi) is 7.46. The van der Waals surface area contributed by atoms with Gasteiger partial charge in [0.15, 0.2) is 9.84 Å². The quantitative estimate of drug-likeness (QED) is 0.442. The van der Waals surface area contributed by atoms with Crippen LogP contribution in [0.2, 0.25) is 4.34 Å². The summed E-state index contributed by atoms with van der Waals surface area (Å²) in [6.07, 6.45) is -0.274. The number of esters is 2. The van der Waals surface area contributed by atoms with Gasteiger partial charge < -0.3 is 14.6 Å². The number of hydrogen-bond donors (Lipinski definition) is 1. The zero-order valence-corrected chi connectivity index (χ0v) is 20.4. The number of ether oxygens (including phenoxy) is 2. The Balaban J connectivity index is 1.89. The summed E-state index contributed by atoms with van der Waals surface area (Å²) in [4.78, 5) is 23.8. The summed E-state index contributed by atoms with van der Waals surface area (Å²) in [5, 5.41) is 10.0. The summed E-state index contributed by atoms with van der Waals surface area (Å²) in [6.45, 7) is 3.49. The Bertz CT molecular complexity index is 1310. The van der Waals surface area contributed by atoms with E-state index in [-0.39, 0.29) is 26.0 Å². The van der Waals surface area contributed by atoms with Crippen LogP contribution >= 0.6 is 22.9 Å². The molecule has 0 aliphatic heterocycles. The summed E-state index contributed by atoms with van der Waals surface area (Å²) in [6, 6.07) is 12.0. The van der Waals surface area contributed by atoms with Gasteiger partial charge in [0.2, 0.25) is 0 Å². The number of phenolic OH excluding ortho intramolecular Hbond substituents is 1. The smallest absolute Gasteiger partial charge is 0.341 e. The Hall–Kier alpha value is -2.88. The molecule has 0 aliphatic rings. The molecule has 7 nitrogen and oxygen atoms in total. The van der Waals surface area contributed by atoms with E-state index in [2.05, 4.69) is 4.74 Å². The van der Waals surface area contributed by atoms with Crippen LogP contribution in [0.4, 0.5) is 0 Å². The normalized spacial score (nSPS) is 11.4. The molecular weight excluding hydrogens is 488 g/mol. The van der Waals surface area contributed by atoms with E-state index < -0.39 is 27.5 Å². The molecule has 1 aromatic heterocycles. The number of sulfone groups is 1. The van der Waals surface area contributed by atoms with Crippen molar-refractivity contribution in [3.05, 3.63) is 69.6 Å². The van der Waals surface area contributed by atoms with E-state index in [1.807, 2.05) is 0 Å². The molecule has 33 heavy (non-hydrogen) atoms. The van der Waals surface area contributed by atoms with Crippen molar-refractivity contribution in [2.45, 2.75) is 29.9 Å². The molecule has 174 valence electrons. The molecular formula is C23H21ClO7S2. The van der Waals surface area contributed by atoms with Gasteiger partial charge in [-0.1, -0.05) is 29.8 Å². The van der Waals surface area contributed by atoms with Gasteiger partial charge in [-0.3, -0.25) is 0 Å². The van der Waals surface area contributed by atoms with E-state index in [1.54, 1.807) is 38.1 Å². The first-order valence-electron chi connectivity index (χ1n) is 9.75. The largest absolute Gasteiger partial charge is 0.507 e. The lowest BCUT2D eigenvalue weighted by Gasteiger charge is -2.08. The molecule has 0 saturated carbocycles. The summed E-state index contributed by atoms with van der Waals surface area (Å²) in [7, 11) is -2.62. The first-order chi connectivity index (χ1) is 15.5. The van der Waals surface area contributed by atoms with Crippen molar-refractivity contribution in [2.24, 2.45) is 0 Å². The van der Waals surface area contributed by atoms with Crippen LogP contribution in [0.3, 0.4) is 0 Å². The number of rotatable bonds is 7. The third-order valence-electron chi connectivity index (χ3n) is 4.55. The maximum absolute atomic E-state index is 13.0. The van der Waals surface area contributed by atoms with Crippen LogP contribution in [-0.2, 0) is 25.1 Å². The van der Waals surface area contributed by atoms with Crippen LogP contribution in [0.15, 0.2) is 52.7 Å². The SMILES string of the molecule is COC(=O)c1ccc(CS(=O)(=O)c2cc(-c3cccc(C(=O)OC(C)C)c3)c(Cl)s2)cc1O. The van der Waals surface area contributed by atoms with E-state index in [0.29, 0.717) is 22.3 Å². The van der Waals surface area contributed by atoms with Gasteiger partial charge in [-0.05, 0) is 55.3 Å². The van der Waals surface area contributed by atoms with E-state index in [4.69, 9.17) is 16.3 Å². The first kappa shape index (κ1) is 24.8. The Morgan fingerprint density at radius 1 is 1.09 bits per heavy atom. The molecule has 0 amide bonds. The molecule has 0 fully saturated rings. The third kappa shape index (κ3) is 5.73. The van der Waals surface area contributed by atoms with Crippen molar-refractivity contribution >= 4 is 44.7 Å². The molecule has 0 bridgehead atoms. The van der Waals surface area contributed by atoms with E-state index in [1.165, 1.54) is 31.4 Å². The van der Waals surface area contributed by atoms with Gasteiger partial charge in [-0.2, -0.15) is 0 Å². The van der Waals surface area contributed by atoms with Crippen molar-refractivity contribution in [3.63, 3.8) is 0 Å². The Morgan fingerprint density at radius 2 is 1.82 bits per heavy atom. The van der Waals surface area contributed by atoms with Crippen molar-refractivity contribution in [2.75, 3.05) is 7.11 Å². The minimum Gasteiger partial charge on any atom is -0.507 e. The summed E-state index contributed by atoms with van der Waals surface area (Å²) < 4.78 is 36.0. The highest BCUT2D eigenvalue weighted by Crippen LogP contribution is 2.39. The molecule has 0 saturated heterocycles. The number of benzene rings is 2. The molecule has 1 heterocycles. The van der Waals surface area contributed by atoms with Gasteiger partial charge in [0, 0.05) is 5.56 Å². The highest BCUT2D eigenvalue weighted by atomic mass is 35.5. The number of carbonyl (C=O) groups is 2. The first-order valence-corrected chi connectivity index (χ1v) is 12.6. The fourth-order valence-corrected chi connectivity index (χ4v) is 6.22. The number of carbonyl (C=O) groups excluding carboxylic acids is 2. The fraction of sp³-hybridized carbons (Fsp3) is 0.217. The summed E-state index contributed by atoms with van der Waals surface area (Å²) >= 11 is 7.25. The number of thiophene rings is 1. The van der Waals surface area contributed by atoms with Crippen molar-refractivity contribution < 1.29 is 32.6 Å². The molecule has 0 unspecified atom stereocenters. The second kappa shape index (κ2) is 9.94. The lowest BCUT2D eigenvalue weighted by Crippen LogP contribution is -2.11. The van der Waals surface area contributed by atoms with Crippen molar-refractivity contribution in [1.82, 2.24) is 0 Å². The van der Waals surface area contributed by atoms with E-state index >= 15 is 0 Å². The summed E-state index contributed by atoms with van der Waals surface area (Å²) in [5.74, 6) is -1.99. The second-order valence-electron chi connectivity index (χ2n) is 7.39. The molecule has 1 N–H and O–H groups in total. The Labute approximate surface area is 200 Å². The number of halogens is 1. The number of methoxy groups -OCH3 is 1. The molecule has 3 rings (SSSR count). The highest BCUT2D eigenvalue weighted by Gasteiger charge is 2.23. The van der Waals surface area contributed by atoms with Crippen LogP contribution in [0.1, 0.15) is 40.1 Å². The predicted molar refractivity (Wildman–Crippen MR) is 126 cm³/mol. The monoisotopic (exact) mass is 508 g/mol. The minimum absolute atomic E-state index is 0.0363. The molecule has 10 heteroatoms. The molecule has 0 aliphatic carbocycles. The van der Waals surface area contributed by atoms with Gasteiger partial charge in [0.1, 0.15) is 19.9 Å². The average molecular weight is 509 g/mol. The minimum atomic E-state index is -3.81. The van der Waals surface area contributed by atoms with Crippen molar-refractivity contribution in [1.29, 1.82) is 0 Å². The molecule has 3 aromatic rings. The van der Waals surface area contributed by atoms with Gasteiger partial charge in [0.25, 0.3) is 0 Å². The van der Waals surface area contributed by atoms with Crippen LogP contribution in [0.5, 0.6) is 5.75 Å². The molecule has 0 spiro atoms. The number of hydrogen-bond acceptors (Lipinski definition) is 8. The second-order valence-corrected chi connectivity index (χ2v) is 11.3. The lowest BCUT2D eigenvalue weighted by atomic mass is 10.1. The van der Waals surface area contributed by atoms with E-state index in [9.17, 15) is 23.1 Å². The van der Waals surface area contributed by atoms with Crippen LogP contribution in [-0.4, -0.2) is 38.7 Å². The maximum Gasteiger partial charge on any atom is 0.341 e. The molecule has 0 atom stereocenters. The molecule has 0 radical (unpaired) electrons. The van der Waals surface area contributed by atoms with E-state index in [0.717, 1.165) is 11.3 Å². The predicted octanol–water partition coefficient (Wildman–Crippen LogP) is 5.10. The highest BCUT2D eigenvalue weighted by molar-refractivity contribution is 7.92. The van der Waals surface area contributed by atoms with Gasteiger partial charge >= 0.3 is 11.9 Å². The zero-order chi connectivity index (χ0) is 24.3. The van der Waals surface area contributed by atoms with Crippen LogP contribution < -0.4 is 0 Å². The Morgan fingerprint density at radius 3 is 2.45 bits per heavy atom. The third-order valence-corrected chi connectivity index (χ3v) is 8.16. The molecule has 2 aromatic carbocycles. The van der Waals surface area contributed by atoms with Crippen LogP contribution in [0, 0.1) is 0 Å².